The van der Waals surface area contributed by atoms with Crippen LogP contribution in [0.4, 0.5) is 5.00 Å². The van der Waals surface area contributed by atoms with E-state index >= 15 is 0 Å². The molecule has 2 aromatic heterocycles. The summed E-state index contributed by atoms with van der Waals surface area (Å²) in [5, 5.41) is 12.2. The highest BCUT2D eigenvalue weighted by Gasteiger charge is 2.17. The van der Waals surface area contributed by atoms with Gasteiger partial charge in [-0.1, -0.05) is 30.0 Å². The molecule has 2 heterocycles. The predicted octanol–water partition coefficient (Wildman–Crippen LogP) is 3.85. The summed E-state index contributed by atoms with van der Waals surface area (Å²) in [7, 11) is 0. The molecule has 28 heavy (non-hydrogen) atoms. The Balaban J connectivity index is 1.63. The number of thiophene rings is 1. The van der Waals surface area contributed by atoms with Gasteiger partial charge in [0.2, 0.25) is 5.91 Å². The van der Waals surface area contributed by atoms with Gasteiger partial charge in [-0.15, -0.1) is 21.5 Å². The van der Waals surface area contributed by atoms with E-state index in [2.05, 4.69) is 15.5 Å². The number of hydrogen-bond acceptors (Lipinski definition) is 7. The summed E-state index contributed by atoms with van der Waals surface area (Å²) in [6.45, 7) is 5.90. The number of esters is 1. The number of carbonyl (C=O) groups excluding carboxylic acids is 2. The molecule has 9 heteroatoms. The van der Waals surface area contributed by atoms with E-state index in [9.17, 15) is 9.59 Å². The summed E-state index contributed by atoms with van der Waals surface area (Å²) in [4.78, 5) is 24.7. The van der Waals surface area contributed by atoms with Crippen LogP contribution in [0, 0.1) is 13.8 Å². The number of nitrogens with zero attached hydrogens (tertiary/aromatic N) is 3. The van der Waals surface area contributed by atoms with Crippen molar-refractivity contribution in [2.24, 2.45) is 0 Å². The fourth-order valence-electron chi connectivity index (χ4n) is 2.57. The van der Waals surface area contributed by atoms with Gasteiger partial charge in [0.1, 0.15) is 11.2 Å². The van der Waals surface area contributed by atoms with Gasteiger partial charge in [0, 0.05) is 0 Å². The molecule has 7 nitrogen and oxygen atoms in total. The highest BCUT2D eigenvalue weighted by molar-refractivity contribution is 7.99. The number of aromatic nitrogens is 3. The van der Waals surface area contributed by atoms with E-state index in [4.69, 9.17) is 4.74 Å². The first kappa shape index (κ1) is 20.1. The molecule has 0 spiro atoms. The van der Waals surface area contributed by atoms with Crippen molar-refractivity contribution in [3.05, 3.63) is 52.7 Å². The van der Waals surface area contributed by atoms with Crippen molar-refractivity contribution >= 4 is 40.0 Å². The summed E-state index contributed by atoms with van der Waals surface area (Å²) in [5.74, 6) is -0.372. The summed E-state index contributed by atoms with van der Waals surface area (Å²) in [6, 6.07) is 9.68. The van der Waals surface area contributed by atoms with E-state index in [1.165, 1.54) is 23.1 Å². The SMILES string of the molecule is CCOC(=O)c1sc(NC(=O)CSc2nncn2-c2ccccc2C)cc1C. The van der Waals surface area contributed by atoms with Gasteiger partial charge in [-0.05, 0) is 44.0 Å². The zero-order chi connectivity index (χ0) is 20.1. The summed E-state index contributed by atoms with van der Waals surface area (Å²) < 4.78 is 6.89. The molecule has 146 valence electrons. The standard InChI is InChI=1S/C19H20N4O3S2/c1-4-26-18(25)17-13(3)9-16(28-17)21-15(24)10-27-19-22-20-11-23(19)14-8-6-5-7-12(14)2/h5-9,11H,4,10H2,1-3H3,(H,21,24). The van der Waals surface area contributed by atoms with E-state index in [0.29, 0.717) is 21.6 Å². The van der Waals surface area contributed by atoms with E-state index in [1.807, 2.05) is 42.7 Å². The highest BCUT2D eigenvalue weighted by atomic mass is 32.2. The first-order valence-electron chi connectivity index (χ1n) is 8.65. The van der Waals surface area contributed by atoms with Crippen molar-refractivity contribution in [2.75, 3.05) is 17.7 Å². The minimum absolute atomic E-state index is 0.177. The molecule has 3 aromatic rings. The number of anilines is 1. The maximum atomic E-state index is 12.3. The number of carbonyl (C=O) groups is 2. The normalized spacial score (nSPS) is 10.7. The lowest BCUT2D eigenvalue weighted by molar-refractivity contribution is -0.113. The molecule has 1 N–H and O–H groups in total. The number of amides is 1. The summed E-state index contributed by atoms with van der Waals surface area (Å²) >= 11 is 2.51. The molecule has 0 saturated carbocycles. The fraction of sp³-hybridized carbons (Fsp3) is 0.263. The van der Waals surface area contributed by atoms with Gasteiger partial charge in [-0.3, -0.25) is 9.36 Å². The van der Waals surface area contributed by atoms with Crippen LogP contribution >= 0.6 is 23.1 Å². The third-order valence-corrected chi connectivity index (χ3v) is 5.94. The van der Waals surface area contributed by atoms with Gasteiger partial charge in [0.05, 0.1) is 23.0 Å². The minimum Gasteiger partial charge on any atom is -0.462 e. The van der Waals surface area contributed by atoms with Gasteiger partial charge in [0.15, 0.2) is 5.16 Å². The number of ether oxygens (including phenoxy) is 1. The van der Waals surface area contributed by atoms with E-state index < -0.39 is 0 Å². The van der Waals surface area contributed by atoms with E-state index in [1.54, 1.807) is 19.3 Å². The average molecular weight is 417 g/mol. The lowest BCUT2D eigenvalue weighted by Crippen LogP contribution is -2.13. The zero-order valence-corrected chi connectivity index (χ0v) is 17.4. The topological polar surface area (TPSA) is 86.1 Å². The van der Waals surface area contributed by atoms with Crippen LogP contribution in [0.2, 0.25) is 0 Å². The third kappa shape index (κ3) is 4.60. The number of aryl methyl sites for hydroxylation is 2. The highest BCUT2D eigenvalue weighted by Crippen LogP contribution is 2.28. The smallest absolute Gasteiger partial charge is 0.348 e. The lowest BCUT2D eigenvalue weighted by Gasteiger charge is -2.08. The molecule has 0 aliphatic rings. The quantitative estimate of drug-likeness (QED) is 0.465. The molecule has 0 aliphatic heterocycles. The second kappa shape index (κ2) is 9.03. The summed E-state index contributed by atoms with van der Waals surface area (Å²) in [6.07, 6.45) is 1.64. The molecule has 0 atom stereocenters. The Bertz CT molecular complexity index is 997. The number of thioether (sulfide) groups is 1. The van der Waals surface area contributed by atoms with Crippen LogP contribution in [0.15, 0.2) is 41.8 Å². The molecular formula is C19H20N4O3S2. The first-order valence-corrected chi connectivity index (χ1v) is 10.5. The van der Waals surface area contributed by atoms with Gasteiger partial charge >= 0.3 is 5.97 Å². The molecule has 0 radical (unpaired) electrons. The Kier molecular flexibility index (Phi) is 6.48. The Morgan fingerprint density at radius 1 is 1.25 bits per heavy atom. The van der Waals surface area contributed by atoms with Crippen LogP contribution in [-0.4, -0.2) is 39.0 Å². The van der Waals surface area contributed by atoms with Gasteiger partial charge in [-0.2, -0.15) is 0 Å². The molecule has 1 amide bonds. The van der Waals surface area contributed by atoms with Crippen molar-refractivity contribution in [3.63, 3.8) is 0 Å². The molecule has 0 fully saturated rings. The second-order valence-electron chi connectivity index (χ2n) is 5.95. The van der Waals surface area contributed by atoms with Crippen molar-refractivity contribution in [3.8, 4) is 5.69 Å². The molecule has 0 aliphatic carbocycles. The van der Waals surface area contributed by atoms with Gasteiger partial charge in [0.25, 0.3) is 0 Å². The largest absolute Gasteiger partial charge is 0.462 e. The molecular weight excluding hydrogens is 396 g/mol. The average Bonchev–Trinajstić information content (AvgIpc) is 3.27. The summed E-state index contributed by atoms with van der Waals surface area (Å²) in [5.41, 5.74) is 2.85. The van der Waals surface area contributed by atoms with E-state index in [0.717, 1.165) is 16.8 Å². The molecule has 1 aromatic carbocycles. The molecule has 0 saturated heterocycles. The van der Waals surface area contributed by atoms with Crippen LogP contribution in [0.25, 0.3) is 5.69 Å². The number of benzene rings is 1. The van der Waals surface area contributed by atoms with Crippen LogP contribution in [0.3, 0.4) is 0 Å². The van der Waals surface area contributed by atoms with Crippen molar-refractivity contribution < 1.29 is 14.3 Å². The van der Waals surface area contributed by atoms with Gasteiger partial charge in [-0.25, -0.2) is 4.79 Å². The van der Waals surface area contributed by atoms with Crippen molar-refractivity contribution in [2.45, 2.75) is 25.9 Å². The van der Waals surface area contributed by atoms with E-state index in [-0.39, 0.29) is 17.6 Å². The van der Waals surface area contributed by atoms with Crippen LogP contribution in [-0.2, 0) is 9.53 Å². The lowest BCUT2D eigenvalue weighted by atomic mass is 10.2. The van der Waals surface area contributed by atoms with Crippen molar-refractivity contribution in [1.82, 2.24) is 14.8 Å². The molecule has 0 unspecified atom stereocenters. The second-order valence-corrected chi connectivity index (χ2v) is 7.94. The van der Waals surface area contributed by atoms with Crippen LogP contribution in [0.5, 0.6) is 0 Å². The third-order valence-electron chi connectivity index (χ3n) is 3.87. The number of para-hydroxylation sites is 1. The Morgan fingerprint density at radius 2 is 2.04 bits per heavy atom. The fourth-order valence-corrected chi connectivity index (χ4v) is 4.27. The Hall–Kier alpha value is -2.65. The van der Waals surface area contributed by atoms with Crippen LogP contribution in [0.1, 0.15) is 27.7 Å². The Morgan fingerprint density at radius 3 is 2.79 bits per heavy atom. The maximum Gasteiger partial charge on any atom is 0.348 e. The molecule has 0 bridgehead atoms. The minimum atomic E-state index is -0.369. The number of nitrogens with one attached hydrogen (secondary N) is 1. The molecule has 3 rings (SSSR count). The number of rotatable bonds is 7. The zero-order valence-electron chi connectivity index (χ0n) is 15.8. The van der Waals surface area contributed by atoms with Crippen LogP contribution < -0.4 is 5.32 Å². The monoisotopic (exact) mass is 416 g/mol. The van der Waals surface area contributed by atoms with Gasteiger partial charge < -0.3 is 10.1 Å². The first-order chi connectivity index (χ1) is 13.5. The predicted molar refractivity (Wildman–Crippen MR) is 110 cm³/mol. The van der Waals surface area contributed by atoms with Crippen molar-refractivity contribution in [1.29, 1.82) is 0 Å². The maximum absolute atomic E-state index is 12.3. The number of hydrogen-bond donors (Lipinski definition) is 1. The Labute approximate surface area is 171 Å².